The van der Waals surface area contributed by atoms with Gasteiger partial charge in [0.25, 0.3) is 0 Å². The Balaban J connectivity index is 1.62. The highest BCUT2D eigenvalue weighted by Crippen LogP contribution is 2.43. The van der Waals surface area contributed by atoms with Gasteiger partial charge in [0.2, 0.25) is 0 Å². The molecule has 2 N–H and O–H groups in total. The zero-order chi connectivity index (χ0) is 18.1. The summed E-state index contributed by atoms with van der Waals surface area (Å²) in [5.74, 6) is 0.594. The van der Waals surface area contributed by atoms with E-state index in [1.54, 1.807) is 0 Å². The van der Waals surface area contributed by atoms with Crippen molar-refractivity contribution in [2.45, 2.75) is 45.2 Å². The van der Waals surface area contributed by atoms with E-state index in [9.17, 15) is 0 Å². The zero-order valence-electron chi connectivity index (χ0n) is 15.7. The molecule has 0 bridgehead atoms. The van der Waals surface area contributed by atoms with E-state index in [0.717, 1.165) is 19.4 Å². The van der Waals surface area contributed by atoms with Gasteiger partial charge in [-0.15, -0.1) is 0 Å². The van der Waals surface area contributed by atoms with E-state index in [-0.39, 0.29) is 5.54 Å². The highest BCUT2D eigenvalue weighted by molar-refractivity contribution is 5.73. The second kappa shape index (κ2) is 6.73. The molecule has 3 heteroatoms. The van der Waals surface area contributed by atoms with E-state index < -0.39 is 0 Å². The molecule has 0 unspecified atom stereocenters. The fourth-order valence-electron chi connectivity index (χ4n) is 3.82. The highest BCUT2D eigenvalue weighted by atomic mass is 15.3. The van der Waals surface area contributed by atoms with Crippen molar-refractivity contribution in [3.05, 3.63) is 66.5 Å². The quantitative estimate of drug-likeness (QED) is 0.690. The summed E-state index contributed by atoms with van der Waals surface area (Å²) in [6.45, 7) is 5.36. The monoisotopic (exact) mass is 345 g/mol. The molecule has 0 radical (unpaired) electrons. The van der Waals surface area contributed by atoms with Gasteiger partial charge in [-0.05, 0) is 47.4 Å². The van der Waals surface area contributed by atoms with Crippen molar-refractivity contribution in [2.24, 2.45) is 11.7 Å². The molecule has 0 saturated heterocycles. The third kappa shape index (κ3) is 3.19. The second-order valence-electron chi connectivity index (χ2n) is 7.98. The van der Waals surface area contributed by atoms with Crippen LogP contribution >= 0.6 is 0 Å². The first kappa shape index (κ1) is 17.0. The summed E-state index contributed by atoms with van der Waals surface area (Å²) in [4.78, 5) is 0. The molecule has 2 aromatic carbocycles. The number of rotatable bonds is 5. The van der Waals surface area contributed by atoms with Crippen LogP contribution < -0.4 is 5.73 Å². The Hall–Kier alpha value is -2.39. The van der Waals surface area contributed by atoms with Gasteiger partial charge in [0.05, 0.1) is 6.20 Å². The summed E-state index contributed by atoms with van der Waals surface area (Å²) in [6, 6.07) is 17.4. The molecule has 1 heterocycles. The van der Waals surface area contributed by atoms with Crippen LogP contribution in [0.25, 0.3) is 22.3 Å². The summed E-state index contributed by atoms with van der Waals surface area (Å²) in [5.41, 5.74) is 12.6. The zero-order valence-corrected chi connectivity index (χ0v) is 15.7. The lowest BCUT2D eigenvalue weighted by atomic mass is 9.70. The SMILES string of the molecule is CC(C)Cn1cc(-c2ccc(-c3ccccc3C3(N)CCC3)cc2)cn1. The Labute approximate surface area is 155 Å². The van der Waals surface area contributed by atoms with Gasteiger partial charge < -0.3 is 5.73 Å². The Bertz CT molecular complexity index is 886. The first-order valence-electron chi connectivity index (χ1n) is 9.57. The molecule has 0 spiro atoms. The normalized spacial score (nSPS) is 15.8. The van der Waals surface area contributed by atoms with Crippen molar-refractivity contribution in [1.82, 2.24) is 9.78 Å². The van der Waals surface area contributed by atoms with Crippen LogP contribution in [0.1, 0.15) is 38.7 Å². The third-order valence-electron chi connectivity index (χ3n) is 5.42. The predicted molar refractivity (Wildman–Crippen MR) is 108 cm³/mol. The van der Waals surface area contributed by atoms with Crippen molar-refractivity contribution < 1.29 is 0 Å². The largest absolute Gasteiger partial charge is 0.321 e. The molecule has 1 aliphatic carbocycles. The van der Waals surface area contributed by atoms with Crippen molar-refractivity contribution in [2.75, 3.05) is 0 Å². The lowest BCUT2D eigenvalue weighted by Gasteiger charge is -2.40. The van der Waals surface area contributed by atoms with Gasteiger partial charge in [-0.1, -0.05) is 62.4 Å². The van der Waals surface area contributed by atoms with Crippen LogP contribution in [0.4, 0.5) is 0 Å². The van der Waals surface area contributed by atoms with Gasteiger partial charge >= 0.3 is 0 Å². The number of aromatic nitrogens is 2. The summed E-state index contributed by atoms with van der Waals surface area (Å²) in [5, 5.41) is 4.48. The van der Waals surface area contributed by atoms with Crippen LogP contribution in [0.15, 0.2) is 60.9 Å². The number of nitrogens with two attached hydrogens (primary N) is 1. The minimum Gasteiger partial charge on any atom is -0.321 e. The van der Waals surface area contributed by atoms with Crippen molar-refractivity contribution in [1.29, 1.82) is 0 Å². The minimum atomic E-state index is -0.146. The van der Waals surface area contributed by atoms with Gasteiger partial charge in [0.15, 0.2) is 0 Å². The van der Waals surface area contributed by atoms with E-state index in [0.29, 0.717) is 5.92 Å². The average Bonchev–Trinajstić information content (AvgIpc) is 3.07. The van der Waals surface area contributed by atoms with Crippen LogP contribution in [0.2, 0.25) is 0 Å². The van der Waals surface area contributed by atoms with Crippen molar-refractivity contribution in [3.63, 3.8) is 0 Å². The number of hydrogen-bond donors (Lipinski definition) is 1. The van der Waals surface area contributed by atoms with Gasteiger partial charge in [-0.25, -0.2) is 0 Å². The van der Waals surface area contributed by atoms with Gasteiger partial charge in [0.1, 0.15) is 0 Å². The van der Waals surface area contributed by atoms with Crippen LogP contribution in [0, 0.1) is 5.92 Å². The summed E-state index contributed by atoms with van der Waals surface area (Å²) >= 11 is 0. The molecule has 1 saturated carbocycles. The van der Waals surface area contributed by atoms with Gasteiger partial charge in [0, 0.05) is 23.8 Å². The number of nitrogens with zero attached hydrogens (tertiary/aromatic N) is 2. The topological polar surface area (TPSA) is 43.8 Å². The summed E-state index contributed by atoms with van der Waals surface area (Å²) in [7, 11) is 0. The predicted octanol–water partition coefficient (Wildman–Crippen LogP) is 5.21. The molecule has 1 aromatic heterocycles. The molecular weight excluding hydrogens is 318 g/mol. The smallest absolute Gasteiger partial charge is 0.0568 e. The Morgan fingerprint density at radius 3 is 2.35 bits per heavy atom. The van der Waals surface area contributed by atoms with Crippen molar-refractivity contribution >= 4 is 0 Å². The number of benzene rings is 2. The van der Waals surface area contributed by atoms with Crippen LogP contribution in [-0.4, -0.2) is 9.78 Å². The molecule has 0 amide bonds. The first-order valence-corrected chi connectivity index (χ1v) is 9.57. The maximum atomic E-state index is 6.61. The first-order chi connectivity index (χ1) is 12.5. The standard InChI is InChI=1S/C23H27N3/c1-17(2)15-26-16-20(14-25-26)18-8-10-19(11-9-18)21-6-3-4-7-22(21)23(24)12-5-13-23/h3-4,6-11,14,16-17H,5,12-13,15,24H2,1-2H3. The molecule has 3 nitrogen and oxygen atoms in total. The van der Waals surface area contributed by atoms with E-state index >= 15 is 0 Å². The van der Waals surface area contributed by atoms with Crippen LogP contribution in [0.3, 0.4) is 0 Å². The maximum Gasteiger partial charge on any atom is 0.0568 e. The molecule has 0 aliphatic heterocycles. The van der Waals surface area contributed by atoms with Crippen molar-refractivity contribution in [3.8, 4) is 22.3 Å². The maximum absolute atomic E-state index is 6.61. The molecular formula is C23H27N3. The van der Waals surface area contributed by atoms with E-state index in [2.05, 4.69) is 73.7 Å². The van der Waals surface area contributed by atoms with E-state index in [1.165, 1.54) is 34.2 Å². The Morgan fingerprint density at radius 2 is 1.69 bits per heavy atom. The fraction of sp³-hybridized carbons (Fsp3) is 0.348. The molecule has 0 atom stereocenters. The fourth-order valence-corrected chi connectivity index (χ4v) is 3.82. The van der Waals surface area contributed by atoms with Gasteiger partial charge in [-0.2, -0.15) is 5.10 Å². The molecule has 1 fully saturated rings. The molecule has 3 aromatic rings. The minimum absolute atomic E-state index is 0.146. The van der Waals surface area contributed by atoms with Crippen LogP contribution in [0.5, 0.6) is 0 Å². The summed E-state index contributed by atoms with van der Waals surface area (Å²) in [6.07, 6.45) is 7.47. The van der Waals surface area contributed by atoms with E-state index in [1.807, 2.05) is 10.9 Å². The van der Waals surface area contributed by atoms with Crippen LogP contribution in [-0.2, 0) is 12.1 Å². The molecule has 4 rings (SSSR count). The molecule has 134 valence electrons. The molecule has 1 aliphatic rings. The van der Waals surface area contributed by atoms with E-state index in [4.69, 9.17) is 5.73 Å². The lowest BCUT2D eigenvalue weighted by molar-refractivity contribution is 0.254. The summed E-state index contributed by atoms with van der Waals surface area (Å²) < 4.78 is 2.03. The molecule has 26 heavy (non-hydrogen) atoms. The third-order valence-corrected chi connectivity index (χ3v) is 5.42. The highest BCUT2D eigenvalue weighted by Gasteiger charge is 2.35. The number of hydrogen-bond acceptors (Lipinski definition) is 2. The Morgan fingerprint density at radius 1 is 1.00 bits per heavy atom. The lowest BCUT2D eigenvalue weighted by Crippen LogP contribution is -2.43. The Kier molecular flexibility index (Phi) is 4.41. The van der Waals surface area contributed by atoms with Gasteiger partial charge in [-0.3, -0.25) is 4.68 Å². The second-order valence-corrected chi connectivity index (χ2v) is 7.98. The average molecular weight is 345 g/mol.